The quantitative estimate of drug-likeness (QED) is 0.487. The van der Waals surface area contributed by atoms with Gasteiger partial charge in [0.1, 0.15) is 0 Å². The number of fused-ring (bicyclic) bond motifs is 1. The summed E-state index contributed by atoms with van der Waals surface area (Å²) in [5.74, 6) is 0.623. The number of aromatic nitrogens is 1. The Labute approximate surface area is 150 Å². The molecule has 0 saturated carbocycles. The molecular formula is C19H12FN3OSe. The predicted octanol–water partition coefficient (Wildman–Crippen LogP) is 3.74. The van der Waals surface area contributed by atoms with Gasteiger partial charge in [0.05, 0.1) is 0 Å². The van der Waals surface area contributed by atoms with Crippen LogP contribution in [0.25, 0.3) is 26.0 Å². The first-order valence-corrected chi connectivity index (χ1v) is 9.16. The fourth-order valence-electron chi connectivity index (χ4n) is 2.26. The third-order valence-corrected chi connectivity index (χ3v) is 5.69. The van der Waals surface area contributed by atoms with E-state index >= 15 is 0 Å². The van der Waals surface area contributed by atoms with Gasteiger partial charge in [0.15, 0.2) is 0 Å². The maximum atomic E-state index is 12.2. The molecule has 0 saturated heterocycles. The van der Waals surface area contributed by atoms with E-state index in [0.29, 0.717) is 5.75 Å². The van der Waals surface area contributed by atoms with E-state index in [4.69, 9.17) is 15.3 Å². The van der Waals surface area contributed by atoms with E-state index in [9.17, 15) is 4.39 Å². The van der Waals surface area contributed by atoms with Crippen molar-refractivity contribution in [2.75, 3.05) is 13.3 Å². The van der Waals surface area contributed by atoms with Crippen molar-refractivity contribution in [1.29, 1.82) is 10.5 Å². The minimum atomic E-state index is -0.518. The topological polar surface area (TPSA) is 69.7 Å². The van der Waals surface area contributed by atoms with E-state index < -0.39 is 6.67 Å². The molecule has 6 heteroatoms. The van der Waals surface area contributed by atoms with E-state index in [-0.39, 0.29) is 26.7 Å². The summed E-state index contributed by atoms with van der Waals surface area (Å²) in [6.45, 7) is -0.474. The van der Waals surface area contributed by atoms with Crippen molar-refractivity contribution in [3.63, 3.8) is 0 Å². The molecule has 0 unspecified atom stereocenters. The number of ether oxygens (including phenoxy) is 1. The molecule has 0 radical (unpaired) electrons. The van der Waals surface area contributed by atoms with Crippen LogP contribution in [0.1, 0.15) is 5.56 Å². The Morgan fingerprint density at radius 2 is 1.92 bits per heavy atom. The van der Waals surface area contributed by atoms with Gasteiger partial charge in [-0.15, -0.1) is 0 Å². The van der Waals surface area contributed by atoms with Gasteiger partial charge in [0.2, 0.25) is 0 Å². The molecule has 0 aliphatic heterocycles. The molecule has 0 bridgehead atoms. The van der Waals surface area contributed by atoms with E-state index in [2.05, 4.69) is 4.98 Å². The van der Waals surface area contributed by atoms with Crippen molar-refractivity contribution < 1.29 is 9.13 Å². The number of nitrogens with zero attached hydrogens (tertiary/aromatic N) is 3. The van der Waals surface area contributed by atoms with Crippen molar-refractivity contribution in [1.82, 2.24) is 4.98 Å². The Hall–Kier alpha value is -2.92. The molecule has 3 aromatic rings. The first kappa shape index (κ1) is 16.9. The van der Waals surface area contributed by atoms with Crippen molar-refractivity contribution in [2.45, 2.75) is 0 Å². The first-order valence-electron chi connectivity index (χ1n) is 7.45. The van der Waals surface area contributed by atoms with Crippen LogP contribution in [0.2, 0.25) is 0 Å². The second-order valence-corrected chi connectivity index (χ2v) is 7.25. The molecule has 0 fully saturated rings. The molecule has 0 amide bonds. The molecule has 0 aliphatic carbocycles. The Balaban J connectivity index is 1.88. The summed E-state index contributed by atoms with van der Waals surface area (Å²) < 4.78 is 19.7. The number of rotatable bonds is 5. The second kappa shape index (κ2) is 7.77. The number of alkyl halides is 1. The molecule has 0 spiro atoms. The summed E-state index contributed by atoms with van der Waals surface area (Å²) in [6.07, 6.45) is 1.55. The van der Waals surface area contributed by atoms with Crippen molar-refractivity contribution >= 4 is 30.4 Å². The third-order valence-electron chi connectivity index (χ3n) is 3.41. The van der Waals surface area contributed by atoms with Crippen LogP contribution in [0.5, 0.6) is 5.75 Å². The molecular weight excluding hydrogens is 384 g/mol. The first-order chi connectivity index (χ1) is 12.2. The fraction of sp³-hybridized carbons (Fsp3) is 0.105. The van der Waals surface area contributed by atoms with Gasteiger partial charge >= 0.3 is 150 Å². The van der Waals surface area contributed by atoms with Crippen LogP contribution >= 0.6 is 0 Å². The third kappa shape index (κ3) is 3.95. The van der Waals surface area contributed by atoms with Gasteiger partial charge in [-0.3, -0.25) is 0 Å². The van der Waals surface area contributed by atoms with Crippen LogP contribution in [0.15, 0.2) is 48.0 Å². The molecule has 3 rings (SSSR count). The molecule has 0 atom stereocenters. The Morgan fingerprint density at radius 3 is 2.60 bits per heavy atom. The van der Waals surface area contributed by atoms with Gasteiger partial charge in [-0.05, 0) is 0 Å². The Kier molecular flexibility index (Phi) is 5.26. The fourth-order valence-corrected chi connectivity index (χ4v) is 4.25. The summed E-state index contributed by atoms with van der Waals surface area (Å²) in [4.78, 5) is 4.66. The average molecular weight is 396 g/mol. The molecule has 25 heavy (non-hydrogen) atoms. The minimum absolute atomic E-state index is 0.0445. The van der Waals surface area contributed by atoms with Crippen molar-refractivity contribution in [2.24, 2.45) is 0 Å². The van der Waals surface area contributed by atoms with Gasteiger partial charge in [-0.1, -0.05) is 0 Å². The molecule has 4 nitrogen and oxygen atoms in total. The van der Waals surface area contributed by atoms with Crippen LogP contribution in [-0.2, 0) is 0 Å². The SMILES string of the molecule is N#CC(C#N)=Cc1ccc(-c2nc3cc(OCCF)ccc3[se]2)cc1. The maximum absolute atomic E-state index is 12.2. The zero-order valence-corrected chi connectivity index (χ0v) is 14.8. The summed E-state index contributed by atoms with van der Waals surface area (Å²) in [5.41, 5.74) is 2.75. The zero-order valence-electron chi connectivity index (χ0n) is 13.1. The van der Waals surface area contributed by atoms with Crippen LogP contribution in [-0.4, -0.2) is 32.8 Å². The van der Waals surface area contributed by atoms with E-state index in [1.165, 1.54) is 0 Å². The average Bonchev–Trinajstić information content (AvgIpc) is 3.08. The van der Waals surface area contributed by atoms with Gasteiger partial charge in [-0.25, -0.2) is 0 Å². The summed E-state index contributed by atoms with van der Waals surface area (Å²) >= 11 is 0.0930. The van der Waals surface area contributed by atoms with Gasteiger partial charge in [0.25, 0.3) is 0 Å². The molecule has 0 aliphatic rings. The number of benzene rings is 2. The van der Waals surface area contributed by atoms with Crippen molar-refractivity contribution in [3.05, 3.63) is 53.6 Å². The van der Waals surface area contributed by atoms with Gasteiger partial charge < -0.3 is 0 Å². The number of halogens is 1. The summed E-state index contributed by atoms with van der Waals surface area (Å²) in [7, 11) is 0. The number of nitriles is 2. The monoisotopic (exact) mass is 397 g/mol. The molecule has 0 N–H and O–H groups in total. The number of hydrogen-bond donors (Lipinski definition) is 0. The molecule has 122 valence electrons. The van der Waals surface area contributed by atoms with Crippen LogP contribution in [0, 0.1) is 22.7 Å². The van der Waals surface area contributed by atoms with Crippen LogP contribution in [0.3, 0.4) is 0 Å². The standard InChI is InChI=1S/C19H12FN3OSe/c20-7-8-24-16-5-6-18-17(10-16)23-19(25-18)15-3-1-13(2-4-15)9-14(11-21)12-22/h1-6,9-10H,7-8H2. The Bertz CT molecular complexity index is 994. The molecule has 2 aromatic carbocycles. The summed E-state index contributed by atoms with van der Waals surface area (Å²) in [5, 5.41) is 17.6. The number of allylic oxidation sites excluding steroid dienone is 1. The van der Waals surface area contributed by atoms with Crippen LogP contribution in [0.4, 0.5) is 4.39 Å². The van der Waals surface area contributed by atoms with E-state index in [0.717, 1.165) is 25.5 Å². The Morgan fingerprint density at radius 1 is 1.16 bits per heavy atom. The normalized spacial score (nSPS) is 10.0. The second-order valence-electron chi connectivity index (χ2n) is 5.09. The van der Waals surface area contributed by atoms with E-state index in [1.807, 2.05) is 54.6 Å². The molecule has 1 heterocycles. The molecule has 1 aromatic heterocycles. The van der Waals surface area contributed by atoms with Crippen molar-refractivity contribution in [3.8, 4) is 28.0 Å². The van der Waals surface area contributed by atoms with E-state index in [1.54, 1.807) is 6.08 Å². The van der Waals surface area contributed by atoms with Gasteiger partial charge in [0, 0.05) is 0 Å². The predicted molar refractivity (Wildman–Crippen MR) is 94.8 cm³/mol. The summed E-state index contributed by atoms with van der Waals surface area (Å²) in [6, 6.07) is 16.9. The number of hydrogen-bond acceptors (Lipinski definition) is 4. The zero-order chi connectivity index (χ0) is 17.6. The van der Waals surface area contributed by atoms with Gasteiger partial charge in [-0.2, -0.15) is 0 Å². The van der Waals surface area contributed by atoms with Crippen LogP contribution < -0.4 is 4.74 Å².